The van der Waals surface area contributed by atoms with Gasteiger partial charge in [-0.3, -0.25) is 19.7 Å². The molecular formula is C16H12N2O5. The first-order valence-electron chi connectivity index (χ1n) is 6.38. The van der Waals surface area contributed by atoms with E-state index in [1.807, 2.05) is 6.07 Å². The molecule has 23 heavy (non-hydrogen) atoms. The predicted octanol–water partition coefficient (Wildman–Crippen LogP) is 2.81. The van der Waals surface area contributed by atoms with Gasteiger partial charge in [-0.05, 0) is 12.1 Å². The van der Waals surface area contributed by atoms with Crippen LogP contribution in [0.3, 0.4) is 0 Å². The number of ketones is 1. The molecule has 0 heterocycles. The smallest absolute Gasteiger partial charge is 0.317 e. The maximum Gasteiger partial charge on any atom is 0.317 e. The van der Waals surface area contributed by atoms with Gasteiger partial charge in [-0.25, -0.2) is 0 Å². The summed E-state index contributed by atoms with van der Waals surface area (Å²) in [6.45, 7) is 0. The number of hydrogen-bond donors (Lipinski definition) is 1. The summed E-state index contributed by atoms with van der Waals surface area (Å²) in [5.41, 5.74) is 0.998. The van der Waals surface area contributed by atoms with E-state index in [4.69, 9.17) is 10.4 Å². The molecule has 0 aliphatic heterocycles. The summed E-state index contributed by atoms with van der Waals surface area (Å²) in [6.07, 6.45) is -0.403. The highest BCUT2D eigenvalue weighted by atomic mass is 16.6. The van der Waals surface area contributed by atoms with Crippen LogP contribution in [0.25, 0.3) is 0 Å². The van der Waals surface area contributed by atoms with Crippen LogP contribution in [0.2, 0.25) is 0 Å². The SMILES string of the molecule is N#CCC(=O)O.O=C(c1ccccc1)c1ccc([N+](=O)[O-])cc1. The lowest BCUT2D eigenvalue weighted by atomic mass is 10.0. The summed E-state index contributed by atoms with van der Waals surface area (Å²) in [5, 5.41) is 25.8. The third-order valence-electron chi connectivity index (χ3n) is 2.61. The average molecular weight is 312 g/mol. The van der Waals surface area contributed by atoms with E-state index in [-0.39, 0.29) is 11.5 Å². The van der Waals surface area contributed by atoms with Gasteiger partial charge in [0.1, 0.15) is 6.42 Å². The van der Waals surface area contributed by atoms with Gasteiger partial charge in [0.2, 0.25) is 0 Å². The van der Waals surface area contributed by atoms with Gasteiger partial charge >= 0.3 is 5.97 Å². The molecule has 0 atom stereocenters. The Hall–Kier alpha value is -3.53. The van der Waals surface area contributed by atoms with Crippen LogP contribution >= 0.6 is 0 Å². The number of rotatable bonds is 4. The van der Waals surface area contributed by atoms with E-state index in [0.717, 1.165) is 0 Å². The third-order valence-corrected chi connectivity index (χ3v) is 2.61. The summed E-state index contributed by atoms with van der Waals surface area (Å²) in [5.74, 6) is -1.21. The van der Waals surface area contributed by atoms with E-state index in [1.54, 1.807) is 24.3 Å². The number of carboxylic acid groups (broad SMARTS) is 1. The second-order valence-corrected chi connectivity index (χ2v) is 4.23. The summed E-state index contributed by atoms with van der Waals surface area (Å²) in [6, 6.07) is 15.9. The molecule has 2 aromatic carbocycles. The van der Waals surface area contributed by atoms with Crippen molar-refractivity contribution >= 4 is 17.4 Å². The Bertz CT molecular complexity index is 733. The number of nitrogens with zero attached hydrogens (tertiary/aromatic N) is 2. The minimum Gasteiger partial charge on any atom is -0.480 e. The minimum absolute atomic E-state index is 0.0189. The number of non-ortho nitro benzene ring substituents is 1. The Morgan fingerprint density at radius 3 is 1.96 bits per heavy atom. The maximum absolute atomic E-state index is 12.0. The van der Waals surface area contributed by atoms with Crippen molar-refractivity contribution in [3.63, 3.8) is 0 Å². The van der Waals surface area contributed by atoms with Crippen LogP contribution in [-0.2, 0) is 4.79 Å². The average Bonchev–Trinajstić information content (AvgIpc) is 2.55. The molecular weight excluding hydrogens is 300 g/mol. The van der Waals surface area contributed by atoms with E-state index in [0.29, 0.717) is 11.1 Å². The number of carbonyl (C=O) groups is 2. The van der Waals surface area contributed by atoms with Gasteiger partial charge in [0.15, 0.2) is 5.78 Å². The summed E-state index contributed by atoms with van der Waals surface area (Å²) < 4.78 is 0. The topological polar surface area (TPSA) is 121 Å². The highest BCUT2D eigenvalue weighted by Gasteiger charge is 2.10. The number of nitro benzene ring substituents is 1. The first kappa shape index (κ1) is 17.5. The summed E-state index contributed by atoms with van der Waals surface area (Å²) in [4.78, 5) is 31.3. The third kappa shape index (κ3) is 5.77. The molecule has 0 unspecified atom stereocenters. The fourth-order valence-electron chi connectivity index (χ4n) is 1.56. The molecule has 0 amide bonds. The van der Waals surface area contributed by atoms with Crippen LogP contribution in [0.1, 0.15) is 22.3 Å². The lowest BCUT2D eigenvalue weighted by Crippen LogP contribution is -2.00. The number of hydrogen-bond acceptors (Lipinski definition) is 5. The first-order valence-corrected chi connectivity index (χ1v) is 6.38. The van der Waals surface area contributed by atoms with Crippen LogP contribution in [0.5, 0.6) is 0 Å². The highest BCUT2D eigenvalue weighted by molar-refractivity contribution is 6.09. The molecule has 0 bridgehead atoms. The second kappa shape index (κ2) is 8.69. The minimum atomic E-state index is -1.07. The van der Waals surface area contributed by atoms with Crippen LogP contribution in [0.4, 0.5) is 5.69 Å². The normalized spacial score (nSPS) is 9.00. The number of aliphatic carboxylic acids is 1. The Kier molecular flexibility index (Phi) is 6.62. The van der Waals surface area contributed by atoms with Crippen LogP contribution in [0, 0.1) is 21.4 Å². The number of benzene rings is 2. The summed E-state index contributed by atoms with van der Waals surface area (Å²) in [7, 11) is 0. The predicted molar refractivity (Wildman–Crippen MR) is 80.8 cm³/mol. The molecule has 0 fully saturated rings. The molecule has 0 spiro atoms. The molecule has 116 valence electrons. The molecule has 0 saturated heterocycles. The highest BCUT2D eigenvalue weighted by Crippen LogP contribution is 2.15. The number of nitriles is 1. The molecule has 7 heteroatoms. The van der Waals surface area contributed by atoms with E-state index in [2.05, 4.69) is 0 Å². The van der Waals surface area contributed by atoms with Gasteiger partial charge < -0.3 is 5.11 Å². The molecule has 2 aromatic rings. The fourth-order valence-corrected chi connectivity index (χ4v) is 1.56. The second-order valence-electron chi connectivity index (χ2n) is 4.23. The Labute approximate surface area is 131 Å². The molecule has 1 N–H and O–H groups in total. The van der Waals surface area contributed by atoms with Crippen molar-refractivity contribution in [3.05, 3.63) is 75.8 Å². The van der Waals surface area contributed by atoms with Gasteiger partial charge in [-0.1, -0.05) is 30.3 Å². The molecule has 2 rings (SSSR count). The van der Waals surface area contributed by atoms with E-state index in [9.17, 15) is 19.7 Å². The zero-order valence-corrected chi connectivity index (χ0v) is 11.9. The molecule has 0 radical (unpaired) electrons. The number of carboxylic acids is 1. The van der Waals surface area contributed by atoms with Crippen molar-refractivity contribution in [3.8, 4) is 6.07 Å². The first-order chi connectivity index (χ1) is 11.0. The maximum atomic E-state index is 12.0. The van der Waals surface area contributed by atoms with Gasteiger partial charge in [-0.2, -0.15) is 5.26 Å². The molecule has 0 aliphatic rings. The Morgan fingerprint density at radius 1 is 1.04 bits per heavy atom. The van der Waals surface area contributed by atoms with Crippen molar-refractivity contribution in [1.29, 1.82) is 5.26 Å². The lowest BCUT2D eigenvalue weighted by molar-refractivity contribution is -0.384. The van der Waals surface area contributed by atoms with Crippen molar-refractivity contribution < 1.29 is 19.6 Å². The lowest BCUT2D eigenvalue weighted by Gasteiger charge is -2.00. The van der Waals surface area contributed by atoms with E-state index in [1.165, 1.54) is 30.3 Å². The van der Waals surface area contributed by atoms with Crippen LogP contribution in [-0.4, -0.2) is 21.8 Å². The number of nitro groups is 1. The van der Waals surface area contributed by atoms with E-state index < -0.39 is 17.3 Å². The van der Waals surface area contributed by atoms with E-state index >= 15 is 0 Å². The number of carbonyl (C=O) groups excluding carboxylic acids is 1. The fraction of sp³-hybridized carbons (Fsp3) is 0.0625. The molecule has 0 saturated carbocycles. The standard InChI is InChI=1S/C13H9NO3.C3H3NO2/c15-13(10-4-2-1-3-5-10)11-6-8-12(9-7-11)14(16)17;4-2-1-3(5)6/h1-9H;1H2,(H,5,6). The van der Waals surface area contributed by atoms with Gasteiger partial charge in [0.25, 0.3) is 5.69 Å². The van der Waals surface area contributed by atoms with Gasteiger partial charge in [0.05, 0.1) is 11.0 Å². The molecule has 0 aliphatic carbocycles. The molecule has 0 aromatic heterocycles. The zero-order chi connectivity index (χ0) is 17.2. The Balaban J connectivity index is 0.000000379. The largest absolute Gasteiger partial charge is 0.480 e. The summed E-state index contributed by atoms with van der Waals surface area (Å²) >= 11 is 0. The van der Waals surface area contributed by atoms with Crippen LogP contribution in [0.15, 0.2) is 54.6 Å². The monoisotopic (exact) mass is 312 g/mol. The Morgan fingerprint density at radius 2 is 1.57 bits per heavy atom. The van der Waals surface area contributed by atoms with Gasteiger partial charge in [0, 0.05) is 23.3 Å². The van der Waals surface area contributed by atoms with Crippen molar-refractivity contribution in [2.45, 2.75) is 6.42 Å². The van der Waals surface area contributed by atoms with Crippen molar-refractivity contribution in [1.82, 2.24) is 0 Å². The van der Waals surface area contributed by atoms with Gasteiger partial charge in [-0.15, -0.1) is 0 Å². The van der Waals surface area contributed by atoms with Crippen LogP contribution < -0.4 is 0 Å². The van der Waals surface area contributed by atoms with Crippen molar-refractivity contribution in [2.75, 3.05) is 0 Å². The van der Waals surface area contributed by atoms with Crippen molar-refractivity contribution in [2.24, 2.45) is 0 Å². The zero-order valence-electron chi connectivity index (χ0n) is 11.9. The molecule has 7 nitrogen and oxygen atoms in total. The quantitative estimate of drug-likeness (QED) is 0.526.